The van der Waals surface area contributed by atoms with E-state index < -0.39 is 6.16 Å². The van der Waals surface area contributed by atoms with E-state index in [0.717, 1.165) is 11.3 Å². The van der Waals surface area contributed by atoms with Crippen molar-refractivity contribution in [3.8, 4) is 0 Å². The van der Waals surface area contributed by atoms with Crippen LogP contribution in [-0.4, -0.2) is 18.5 Å². The smallest absolute Gasteiger partial charge is 0.434 e. The fourth-order valence-electron chi connectivity index (χ4n) is 2.11. The van der Waals surface area contributed by atoms with E-state index in [2.05, 4.69) is 10.5 Å². The van der Waals surface area contributed by atoms with Crippen molar-refractivity contribution in [2.45, 2.75) is 26.7 Å². The average Bonchev–Trinajstić information content (AvgIpc) is 2.44. The molecule has 0 fully saturated rings. The van der Waals surface area contributed by atoms with E-state index in [1.165, 1.54) is 0 Å². The number of hydrogen-bond donors (Lipinski definition) is 1. The number of rotatable bonds is 3. The molecule has 0 aliphatic carbocycles. The minimum absolute atomic E-state index is 0.179. The summed E-state index contributed by atoms with van der Waals surface area (Å²) in [5, 5.41) is 4.25. The minimum Gasteiger partial charge on any atom is -0.434 e. The van der Waals surface area contributed by atoms with Gasteiger partial charge in [0.25, 0.3) is 0 Å². The molecule has 0 amide bonds. The summed E-state index contributed by atoms with van der Waals surface area (Å²) in [6.45, 7) is 5.73. The number of allylic oxidation sites excluding steroid dienone is 2. The number of hydrogen-bond acceptors (Lipinski definition) is 5. The Bertz CT molecular complexity index is 549. The third-order valence-electron chi connectivity index (χ3n) is 3.04. The van der Waals surface area contributed by atoms with E-state index >= 15 is 0 Å². The number of nitrogens with one attached hydrogen (secondary N) is 1. The van der Waals surface area contributed by atoms with Crippen LogP contribution >= 0.6 is 0 Å². The van der Waals surface area contributed by atoms with Gasteiger partial charge in [0, 0.05) is 0 Å². The van der Waals surface area contributed by atoms with Crippen molar-refractivity contribution in [3.05, 3.63) is 47.4 Å². The van der Waals surface area contributed by atoms with Crippen molar-refractivity contribution in [2.75, 3.05) is 6.61 Å². The van der Waals surface area contributed by atoms with Crippen molar-refractivity contribution in [3.63, 3.8) is 0 Å². The van der Waals surface area contributed by atoms with Crippen molar-refractivity contribution in [1.29, 1.82) is 0 Å². The minimum atomic E-state index is -0.695. The van der Waals surface area contributed by atoms with Crippen LogP contribution in [0.1, 0.15) is 32.3 Å². The van der Waals surface area contributed by atoms with Crippen molar-refractivity contribution >= 4 is 11.9 Å². The third-order valence-corrected chi connectivity index (χ3v) is 3.04. The average molecular weight is 274 g/mol. The van der Waals surface area contributed by atoms with E-state index in [-0.39, 0.29) is 12.5 Å². The number of hydrazone groups is 1. The second-order valence-electron chi connectivity index (χ2n) is 4.48. The van der Waals surface area contributed by atoms with E-state index in [9.17, 15) is 4.79 Å². The van der Waals surface area contributed by atoms with Crippen LogP contribution in [-0.2, 0) is 9.47 Å². The first-order valence-corrected chi connectivity index (χ1v) is 6.54. The number of carbonyl (C=O) groups excluding carboxylic acids is 1. The van der Waals surface area contributed by atoms with Gasteiger partial charge in [-0.3, -0.25) is 5.43 Å². The molecule has 0 spiro atoms. The zero-order chi connectivity index (χ0) is 14.5. The van der Waals surface area contributed by atoms with Gasteiger partial charge in [-0.1, -0.05) is 30.3 Å². The Morgan fingerprint density at radius 2 is 2.00 bits per heavy atom. The molecule has 20 heavy (non-hydrogen) atoms. The van der Waals surface area contributed by atoms with Crippen molar-refractivity contribution < 1.29 is 14.3 Å². The normalized spacial score (nSPS) is 18.1. The van der Waals surface area contributed by atoms with Gasteiger partial charge >= 0.3 is 6.16 Å². The van der Waals surface area contributed by atoms with Crippen molar-refractivity contribution in [1.82, 2.24) is 5.43 Å². The van der Waals surface area contributed by atoms with E-state index in [1.54, 1.807) is 6.92 Å². The van der Waals surface area contributed by atoms with Crippen LogP contribution in [0.25, 0.3) is 0 Å². The number of carbonyl (C=O) groups is 1. The van der Waals surface area contributed by atoms with Crippen LogP contribution in [0, 0.1) is 0 Å². The Labute approximate surface area is 118 Å². The number of ether oxygens (including phenoxy) is 2. The van der Waals surface area contributed by atoms with E-state index in [4.69, 9.17) is 9.47 Å². The largest absolute Gasteiger partial charge is 0.513 e. The molecule has 1 aromatic rings. The molecule has 1 aromatic carbocycles. The summed E-state index contributed by atoms with van der Waals surface area (Å²) in [5.41, 5.74) is 5.43. The predicted molar refractivity (Wildman–Crippen MR) is 76.2 cm³/mol. The van der Waals surface area contributed by atoms with Gasteiger partial charge in [0.15, 0.2) is 0 Å². The Kier molecular flexibility index (Phi) is 4.40. The highest BCUT2D eigenvalue weighted by atomic mass is 16.7. The Morgan fingerprint density at radius 1 is 1.30 bits per heavy atom. The Hall–Kier alpha value is -2.30. The summed E-state index contributed by atoms with van der Waals surface area (Å²) < 4.78 is 10.2. The standard InChI is InChI=1S/C15H18N2O3/c1-4-19-15(18)20-14-11(3)17-16-10(2)13(14)12-8-6-5-7-9-12/h5-9,13,17H,4H2,1-3H3. The molecule has 1 atom stereocenters. The maximum absolute atomic E-state index is 11.6. The molecule has 1 heterocycles. The summed E-state index contributed by atoms with van der Waals surface area (Å²) in [4.78, 5) is 11.6. The first-order valence-electron chi connectivity index (χ1n) is 6.54. The first-order chi connectivity index (χ1) is 9.63. The molecule has 0 radical (unpaired) electrons. The SMILES string of the molecule is CCOC(=O)OC1=C(C)NN=C(C)C1c1ccccc1. The lowest BCUT2D eigenvalue weighted by Crippen LogP contribution is -2.27. The summed E-state index contributed by atoms with van der Waals surface area (Å²) in [6.07, 6.45) is -0.695. The summed E-state index contributed by atoms with van der Waals surface area (Å²) in [5.74, 6) is 0.351. The summed E-state index contributed by atoms with van der Waals surface area (Å²) in [7, 11) is 0. The van der Waals surface area contributed by atoms with Crippen LogP contribution in [0.15, 0.2) is 46.9 Å². The molecular weight excluding hydrogens is 256 g/mol. The van der Waals surface area contributed by atoms with Gasteiger partial charge in [0.2, 0.25) is 0 Å². The van der Waals surface area contributed by atoms with Gasteiger partial charge in [0.1, 0.15) is 5.76 Å². The fraction of sp³-hybridized carbons (Fsp3) is 0.333. The maximum atomic E-state index is 11.6. The zero-order valence-corrected chi connectivity index (χ0v) is 11.8. The van der Waals surface area contributed by atoms with Crippen molar-refractivity contribution in [2.24, 2.45) is 5.10 Å². The van der Waals surface area contributed by atoms with Crippen LogP contribution in [0.4, 0.5) is 4.79 Å². The van der Waals surface area contributed by atoms with Gasteiger partial charge in [0.05, 0.1) is 23.9 Å². The fourth-order valence-corrected chi connectivity index (χ4v) is 2.11. The van der Waals surface area contributed by atoms with Crippen LogP contribution in [0.2, 0.25) is 0 Å². The lowest BCUT2D eigenvalue weighted by atomic mass is 9.91. The molecule has 2 rings (SSSR count). The van der Waals surface area contributed by atoms with E-state index in [0.29, 0.717) is 11.5 Å². The number of benzene rings is 1. The van der Waals surface area contributed by atoms with Gasteiger partial charge in [-0.25, -0.2) is 4.79 Å². The lowest BCUT2D eigenvalue weighted by molar-refractivity contribution is 0.0779. The molecular formula is C15H18N2O3. The molecule has 1 N–H and O–H groups in total. The molecule has 5 heteroatoms. The third kappa shape index (κ3) is 2.99. The van der Waals surface area contributed by atoms with Gasteiger partial charge in [-0.15, -0.1) is 0 Å². The molecule has 0 saturated carbocycles. The highest BCUT2D eigenvalue weighted by Crippen LogP contribution is 2.31. The second-order valence-corrected chi connectivity index (χ2v) is 4.48. The molecule has 5 nitrogen and oxygen atoms in total. The van der Waals surface area contributed by atoms with Crippen LogP contribution in [0.3, 0.4) is 0 Å². The lowest BCUT2D eigenvalue weighted by Gasteiger charge is -2.25. The highest BCUT2D eigenvalue weighted by Gasteiger charge is 2.29. The maximum Gasteiger partial charge on any atom is 0.513 e. The first kappa shape index (κ1) is 14.1. The molecule has 1 aliphatic heterocycles. The highest BCUT2D eigenvalue weighted by molar-refractivity contribution is 5.92. The van der Waals surface area contributed by atoms with Gasteiger partial charge in [-0.05, 0) is 26.3 Å². The van der Waals surface area contributed by atoms with Gasteiger partial charge in [-0.2, -0.15) is 5.10 Å². The monoisotopic (exact) mass is 274 g/mol. The van der Waals surface area contributed by atoms with Crippen LogP contribution < -0.4 is 5.43 Å². The molecule has 1 unspecified atom stereocenters. The molecule has 106 valence electrons. The predicted octanol–water partition coefficient (Wildman–Crippen LogP) is 3.15. The quantitative estimate of drug-likeness (QED) is 0.860. The topological polar surface area (TPSA) is 59.9 Å². The molecule has 1 aliphatic rings. The zero-order valence-electron chi connectivity index (χ0n) is 11.8. The Morgan fingerprint density at radius 3 is 2.65 bits per heavy atom. The summed E-state index contributed by atoms with van der Waals surface area (Å²) >= 11 is 0. The molecule has 0 aromatic heterocycles. The van der Waals surface area contributed by atoms with Crippen LogP contribution in [0.5, 0.6) is 0 Å². The second kappa shape index (κ2) is 6.23. The molecule has 0 bridgehead atoms. The Balaban J connectivity index is 2.32. The summed E-state index contributed by atoms with van der Waals surface area (Å²) in [6, 6.07) is 9.80. The van der Waals surface area contributed by atoms with Gasteiger partial charge < -0.3 is 9.47 Å². The molecule has 0 saturated heterocycles. The van der Waals surface area contributed by atoms with E-state index in [1.807, 2.05) is 44.2 Å². The number of nitrogens with zero attached hydrogens (tertiary/aromatic N) is 1.